The SMILES string of the molecule is CCC(=O)Nc1ccc(C(=O)N/N=C(/C)c2ccc(O)cc2O)cc1. The maximum atomic E-state index is 12.1. The van der Waals surface area contributed by atoms with Gasteiger partial charge in [-0.15, -0.1) is 0 Å². The van der Waals surface area contributed by atoms with E-state index in [4.69, 9.17) is 0 Å². The number of rotatable bonds is 5. The Morgan fingerprint density at radius 1 is 1.08 bits per heavy atom. The molecule has 2 aromatic rings. The van der Waals surface area contributed by atoms with E-state index < -0.39 is 5.91 Å². The fourth-order valence-electron chi connectivity index (χ4n) is 2.04. The van der Waals surface area contributed by atoms with Gasteiger partial charge < -0.3 is 15.5 Å². The number of nitrogens with zero attached hydrogens (tertiary/aromatic N) is 1. The lowest BCUT2D eigenvalue weighted by molar-refractivity contribution is -0.115. The van der Waals surface area contributed by atoms with Gasteiger partial charge in [0.25, 0.3) is 5.91 Å². The van der Waals surface area contributed by atoms with Crippen LogP contribution in [0.4, 0.5) is 5.69 Å². The highest BCUT2D eigenvalue weighted by molar-refractivity contribution is 6.02. The van der Waals surface area contributed by atoms with Gasteiger partial charge in [0.05, 0.1) is 5.71 Å². The van der Waals surface area contributed by atoms with Gasteiger partial charge in [0.2, 0.25) is 5.91 Å². The topological polar surface area (TPSA) is 111 Å². The summed E-state index contributed by atoms with van der Waals surface area (Å²) in [5, 5.41) is 25.7. The minimum Gasteiger partial charge on any atom is -0.508 e. The Morgan fingerprint density at radius 2 is 1.76 bits per heavy atom. The van der Waals surface area contributed by atoms with E-state index in [0.717, 1.165) is 0 Å². The lowest BCUT2D eigenvalue weighted by atomic mass is 10.1. The molecule has 0 fully saturated rings. The minimum absolute atomic E-state index is 0.0617. The molecule has 0 aliphatic carbocycles. The van der Waals surface area contributed by atoms with Gasteiger partial charge in [-0.1, -0.05) is 6.92 Å². The van der Waals surface area contributed by atoms with Crippen molar-refractivity contribution in [1.29, 1.82) is 0 Å². The standard InChI is InChI=1S/C18H19N3O4/c1-3-17(24)19-13-6-4-12(5-7-13)18(25)21-20-11(2)15-9-8-14(22)10-16(15)23/h4-10,22-23H,3H2,1-2H3,(H,19,24)(H,21,25)/b20-11-. The van der Waals surface area contributed by atoms with E-state index in [9.17, 15) is 19.8 Å². The number of carbonyl (C=O) groups is 2. The molecular formula is C18H19N3O4. The average Bonchev–Trinajstić information content (AvgIpc) is 2.60. The zero-order valence-corrected chi connectivity index (χ0v) is 13.9. The second-order valence-corrected chi connectivity index (χ2v) is 5.32. The van der Waals surface area contributed by atoms with Crippen LogP contribution in [0.5, 0.6) is 11.5 Å². The van der Waals surface area contributed by atoms with E-state index in [1.807, 2.05) is 0 Å². The van der Waals surface area contributed by atoms with Crippen LogP contribution >= 0.6 is 0 Å². The Hall–Kier alpha value is -3.35. The van der Waals surface area contributed by atoms with Gasteiger partial charge in [-0.05, 0) is 43.3 Å². The molecule has 0 spiro atoms. The number of benzene rings is 2. The summed E-state index contributed by atoms with van der Waals surface area (Å²) in [5.74, 6) is -0.725. The van der Waals surface area contributed by atoms with Crippen molar-refractivity contribution < 1.29 is 19.8 Å². The van der Waals surface area contributed by atoms with E-state index in [1.165, 1.54) is 18.2 Å². The number of carbonyl (C=O) groups excluding carboxylic acids is 2. The summed E-state index contributed by atoms with van der Waals surface area (Å²) in [6, 6.07) is 10.5. The van der Waals surface area contributed by atoms with Crippen LogP contribution in [0.2, 0.25) is 0 Å². The summed E-state index contributed by atoms with van der Waals surface area (Å²) in [6.45, 7) is 3.37. The molecule has 2 aromatic carbocycles. The number of amides is 2. The Bertz CT molecular complexity index is 814. The highest BCUT2D eigenvalue weighted by Gasteiger charge is 2.08. The molecule has 0 aliphatic rings. The zero-order chi connectivity index (χ0) is 18.4. The maximum absolute atomic E-state index is 12.1. The van der Waals surface area contributed by atoms with E-state index >= 15 is 0 Å². The monoisotopic (exact) mass is 341 g/mol. The summed E-state index contributed by atoms with van der Waals surface area (Å²) in [7, 11) is 0. The van der Waals surface area contributed by atoms with Crippen molar-refractivity contribution >= 4 is 23.2 Å². The van der Waals surface area contributed by atoms with Crippen molar-refractivity contribution in [3.05, 3.63) is 53.6 Å². The fourth-order valence-corrected chi connectivity index (χ4v) is 2.04. The Kier molecular flexibility index (Phi) is 5.73. The lowest BCUT2D eigenvalue weighted by Crippen LogP contribution is -2.19. The summed E-state index contributed by atoms with van der Waals surface area (Å²) >= 11 is 0. The van der Waals surface area contributed by atoms with Gasteiger partial charge in [0.1, 0.15) is 11.5 Å². The van der Waals surface area contributed by atoms with Crippen molar-refractivity contribution in [3.63, 3.8) is 0 Å². The van der Waals surface area contributed by atoms with Gasteiger partial charge in [0.15, 0.2) is 0 Å². The van der Waals surface area contributed by atoms with Crippen molar-refractivity contribution in [1.82, 2.24) is 5.43 Å². The third kappa shape index (κ3) is 4.81. The molecular weight excluding hydrogens is 322 g/mol. The van der Waals surface area contributed by atoms with Crippen molar-refractivity contribution in [2.75, 3.05) is 5.32 Å². The van der Waals surface area contributed by atoms with Crippen molar-refractivity contribution in [3.8, 4) is 11.5 Å². The Balaban J connectivity index is 2.05. The minimum atomic E-state index is -0.425. The third-order valence-corrected chi connectivity index (χ3v) is 3.45. The summed E-state index contributed by atoms with van der Waals surface area (Å²) in [4.78, 5) is 23.4. The van der Waals surface area contributed by atoms with E-state index in [2.05, 4.69) is 15.8 Å². The highest BCUT2D eigenvalue weighted by atomic mass is 16.3. The van der Waals surface area contributed by atoms with Gasteiger partial charge in [-0.25, -0.2) is 5.43 Å². The molecule has 0 heterocycles. The molecule has 0 radical (unpaired) electrons. The number of nitrogens with one attached hydrogen (secondary N) is 2. The number of anilines is 1. The predicted molar refractivity (Wildman–Crippen MR) is 94.8 cm³/mol. The Labute approximate surface area is 145 Å². The molecule has 7 heteroatoms. The quantitative estimate of drug-likeness (QED) is 0.495. The van der Waals surface area contributed by atoms with E-state index in [-0.39, 0.29) is 17.4 Å². The fraction of sp³-hybridized carbons (Fsp3) is 0.167. The van der Waals surface area contributed by atoms with Crippen LogP contribution in [-0.4, -0.2) is 27.7 Å². The molecule has 0 bridgehead atoms. The van der Waals surface area contributed by atoms with Crippen LogP contribution in [0.25, 0.3) is 0 Å². The molecule has 0 unspecified atom stereocenters. The zero-order valence-electron chi connectivity index (χ0n) is 13.9. The first-order valence-electron chi connectivity index (χ1n) is 7.67. The first-order chi connectivity index (χ1) is 11.9. The van der Waals surface area contributed by atoms with Crippen LogP contribution in [0, 0.1) is 0 Å². The summed E-state index contributed by atoms with van der Waals surface area (Å²) in [6.07, 6.45) is 0.375. The molecule has 4 N–H and O–H groups in total. The first kappa shape index (κ1) is 18.0. The smallest absolute Gasteiger partial charge is 0.271 e. The van der Waals surface area contributed by atoms with Gasteiger partial charge in [-0.2, -0.15) is 5.10 Å². The van der Waals surface area contributed by atoms with Crippen LogP contribution in [-0.2, 0) is 4.79 Å². The molecule has 0 aromatic heterocycles. The van der Waals surface area contributed by atoms with Crippen LogP contribution < -0.4 is 10.7 Å². The lowest BCUT2D eigenvalue weighted by Gasteiger charge is -2.07. The first-order valence-corrected chi connectivity index (χ1v) is 7.67. The summed E-state index contributed by atoms with van der Waals surface area (Å²) < 4.78 is 0. The molecule has 2 rings (SSSR count). The van der Waals surface area contributed by atoms with Gasteiger partial charge >= 0.3 is 0 Å². The molecule has 0 aliphatic heterocycles. The molecule has 0 atom stereocenters. The average molecular weight is 341 g/mol. The number of hydrogen-bond acceptors (Lipinski definition) is 5. The largest absolute Gasteiger partial charge is 0.508 e. The molecule has 7 nitrogen and oxygen atoms in total. The predicted octanol–water partition coefficient (Wildman–Crippen LogP) is 2.60. The molecule has 2 amide bonds. The van der Waals surface area contributed by atoms with Crippen molar-refractivity contribution in [2.45, 2.75) is 20.3 Å². The second kappa shape index (κ2) is 7.96. The van der Waals surface area contributed by atoms with Crippen LogP contribution in [0.15, 0.2) is 47.6 Å². The number of hydrogen-bond donors (Lipinski definition) is 4. The van der Waals surface area contributed by atoms with E-state index in [1.54, 1.807) is 38.1 Å². The molecule has 0 saturated carbocycles. The van der Waals surface area contributed by atoms with E-state index in [0.29, 0.717) is 28.9 Å². The number of aromatic hydroxyl groups is 2. The second-order valence-electron chi connectivity index (χ2n) is 5.32. The normalized spacial score (nSPS) is 11.0. The van der Waals surface area contributed by atoms with Crippen molar-refractivity contribution in [2.24, 2.45) is 5.10 Å². The molecule has 25 heavy (non-hydrogen) atoms. The summed E-state index contributed by atoms with van der Waals surface area (Å²) in [5.41, 5.74) is 4.17. The van der Waals surface area contributed by atoms with Gasteiger partial charge in [-0.3, -0.25) is 9.59 Å². The Morgan fingerprint density at radius 3 is 2.36 bits per heavy atom. The highest BCUT2D eigenvalue weighted by Crippen LogP contribution is 2.23. The number of phenolic OH excluding ortho intramolecular Hbond substituents is 2. The maximum Gasteiger partial charge on any atom is 0.271 e. The van der Waals surface area contributed by atoms with Crippen LogP contribution in [0.3, 0.4) is 0 Å². The van der Waals surface area contributed by atoms with Gasteiger partial charge in [0, 0.05) is 29.3 Å². The number of phenols is 2. The molecule has 0 saturated heterocycles. The third-order valence-electron chi connectivity index (χ3n) is 3.45. The molecule has 130 valence electrons. The van der Waals surface area contributed by atoms with Crippen LogP contribution in [0.1, 0.15) is 36.2 Å². The number of hydrazone groups is 1.